The van der Waals surface area contributed by atoms with E-state index in [1.165, 1.54) is 24.0 Å². The number of aromatic nitrogens is 1. The molecule has 1 aliphatic rings. The van der Waals surface area contributed by atoms with Gasteiger partial charge in [0.2, 0.25) is 0 Å². The maximum Gasteiger partial charge on any atom is 0.252 e. The Hall–Kier alpha value is -2.88. The van der Waals surface area contributed by atoms with Gasteiger partial charge in [-0.3, -0.25) is 4.79 Å². The first-order chi connectivity index (χ1) is 14.0. The molecular formula is C25H29N3O. The van der Waals surface area contributed by atoms with E-state index in [0.29, 0.717) is 11.4 Å². The fourth-order valence-corrected chi connectivity index (χ4v) is 4.06. The Morgan fingerprint density at radius 2 is 1.72 bits per heavy atom. The third-order valence-corrected chi connectivity index (χ3v) is 6.09. The molecule has 1 fully saturated rings. The number of carbonyl (C=O) groups is 1. The summed E-state index contributed by atoms with van der Waals surface area (Å²) in [6.45, 7) is 6.49. The summed E-state index contributed by atoms with van der Waals surface area (Å²) in [4.78, 5) is 17.9. The fourth-order valence-electron chi connectivity index (χ4n) is 4.06. The van der Waals surface area contributed by atoms with Crippen LogP contribution in [0.5, 0.6) is 0 Å². The number of hydrogen-bond acceptors (Lipinski definition) is 3. The molecule has 0 atom stereocenters. The molecule has 4 rings (SSSR count). The minimum atomic E-state index is -0.00807. The van der Waals surface area contributed by atoms with Crippen molar-refractivity contribution in [2.45, 2.75) is 52.5 Å². The van der Waals surface area contributed by atoms with E-state index >= 15 is 0 Å². The zero-order valence-corrected chi connectivity index (χ0v) is 17.5. The van der Waals surface area contributed by atoms with Crippen LogP contribution in [0.25, 0.3) is 10.9 Å². The van der Waals surface area contributed by atoms with Crippen molar-refractivity contribution in [3.05, 3.63) is 65.2 Å². The molecule has 1 amide bonds. The first-order valence-electron chi connectivity index (χ1n) is 10.5. The number of anilines is 2. The second-order valence-electron chi connectivity index (χ2n) is 8.43. The minimum Gasteiger partial charge on any atom is -0.349 e. The smallest absolute Gasteiger partial charge is 0.252 e. The van der Waals surface area contributed by atoms with Crippen molar-refractivity contribution in [1.82, 2.24) is 10.3 Å². The van der Waals surface area contributed by atoms with Gasteiger partial charge in [0.15, 0.2) is 0 Å². The lowest BCUT2D eigenvalue weighted by molar-refractivity contribution is 0.0924. The maximum absolute atomic E-state index is 13.1. The number of hydrogen-bond donors (Lipinski definition) is 2. The molecule has 2 N–H and O–H groups in total. The monoisotopic (exact) mass is 387 g/mol. The average molecular weight is 388 g/mol. The number of amides is 1. The maximum atomic E-state index is 13.1. The Morgan fingerprint density at radius 1 is 0.966 bits per heavy atom. The Balaban J connectivity index is 1.63. The molecule has 0 radical (unpaired) electrons. The average Bonchev–Trinajstić information content (AvgIpc) is 2.72. The van der Waals surface area contributed by atoms with E-state index in [1.807, 2.05) is 36.4 Å². The number of aryl methyl sites for hydroxylation is 2. The molecule has 0 saturated heterocycles. The molecule has 0 unspecified atom stereocenters. The van der Waals surface area contributed by atoms with Crippen LogP contribution < -0.4 is 10.6 Å². The van der Waals surface area contributed by atoms with Crippen LogP contribution in [0, 0.1) is 19.8 Å². The predicted molar refractivity (Wildman–Crippen MR) is 120 cm³/mol. The second kappa shape index (κ2) is 8.24. The molecule has 0 bridgehead atoms. The number of pyridine rings is 1. The lowest BCUT2D eigenvalue weighted by Crippen LogP contribution is -2.37. The molecule has 1 aromatic heterocycles. The fraction of sp³-hybridized carbons (Fsp3) is 0.360. The molecule has 150 valence electrons. The number of fused-ring (bicyclic) bond motifs is 1. The van der Waals surface area contributed by atoms with Crippen molar-refractivity contribution in [1.29, 1.82) is 0 Å². The zero-order valence-electron chi connectivity index (χ0n) is 17.5. The van der Waals surface area contributed by atoms with Gasteiger partial charge >= 0.3 is 0 Å². The highest BCUT2D eigenvalue weighted by Gasteiger charge is 2.21. The van der Waals surface area contributed by atoms with Crippen molar-refractivity contribution in [2.75, 3.05) is 5.32 Å². The van der Waals surface area contributed by atoms with Crippen molar-refractivity contribution < 1.29 is 4.79 Å². The second-order valence-corrected chi connectivity index (χ2v) is 8.43. The van der Waals surface area contributed by atoms with Crippen LogP contribution >= 0.6 is 0 Å². The highest BCUT2D eigenvalue weighted by Crippen LogP contribution is 2.26. The zero-order chi connectivity index (χ0) is 20.4. The summed E-state index contributed by atoms with van der Waals surface area (Å²) >= 11 is 0. The molecule has 4 heteroatoms. The Kier molecular flexibility index (Phi) is 5.52. The summed E-state index contributed by atoms with van der Waals surface area (Å²) in [6, 6.07) is 16.2. The van der Waals surface area contributed by atoms with Crippen molar-refractivity contribution in [3.63, 3.8) is 0 Å². The van der Waals surface area contributed by atoms with Gasteiger partial charge in [0, 0.05) is 17.1 Å². The normalized spacial score (nSPS) is 19.1. The molecule has 1 heterocycles. The van der Waals surface area contributed by atoms with Gasteiger partial charge in [-0.1, -0.05) is 31.2 Å². The first kappa shape index (κ1) is 19.4. The molecule has 29 heavy (non-hydrogen) atoms. The minimum absolute atomic E-state index is 0.00807. The van der Waals surface area contributed by atoms with E-state index in [-0.39, 0.29) is 11.9 Å². The van der Waals surface area contributed by atoms with Gasteiger partial charge in [0.1, 0.15) is 5.82 Å². The largest absolute Gasteiger partial charge is 0.349 e. The van der Waals surface area contributed by atoms with Crippen LogP contribution in [-0.2, 0) is 0 Å². The lowest BCUT2D eigenvalue weighted by atomic mass is 9.87. The van der Waals surface area contributed by atoms with Crippen LogP contribution in [-0.4, -0.2) is 16.9 Å². The molecule has 0 spiro atoms. The molecule has 1 saturated carbocycles. The number of nitrogens with one attached hydrogen (secondary N) is 2. The summed E-state index contributed by atoms with van der Waals surface area (Å²) < 4.78 is 0. The van der Waals surface area contributed by atoms with Crippen molar-refractivity contribution in [2.24, 2.45) is 5.92 Å². The summed E-state index contributed by atoms with van der Waals surface area (Å²) in [5.41, 5.74) is 4.96. The van der Waals surface area contributed by atoms with Gasteiger partial charge in [0.25, 0.3) is 5.91 Å². The highest BCUT2D eigenvalue weighted by molar-refractivity contribution is 6.07. The van der Waals surface area contributed by atoms with Crippen LogP contribution in [0.3, 0.4) is 0 Å². The summed E-state index contributed by atoms with van der Waals surface area (Å²) in [7, 11) is 0. The quantitative estimate of drug-likeness (QED) is 0.586. The highest BCUT2D eigenvalue weighted by atomic mass is 16.1. The predicted octanol–water partition coefficient (Wildman–Crippen LogP) is 5.90. The van der Waals surface area contributed by atoms with Gasteiger partial charge in [0.05, 0.1) is 11.1 Å². The number of carbonyl (C=O) groups excluding carboxylic acids is 1. The van der Waals surface area contributed by atoms with Crippen LogP contribution in [0.1, 0.15) is 54.1 Å². The van der Waals surface area contributed by atoms with Gasteiger partial charge in [-0.05, 0) is 80.8 Å². The molecule has 3 aromatic rings. The first-order valence-corrected chi connectivity index (χ1v) is 10.5. The van der Waals surface area contributed by atoms with Crippen LogP contribution in [0.15, 0.2) is 48.5 Å². The summed E-state index contributed by atoms with van der Waals surface area (Å²) in [5, 5.41) is 7.53. The standard InChI is InChI=1S/C25H29N3O/c1-16-8-11-19(12-9-16)27-25(29)22-15-24(28-23-7-5-4-6-21(22)23)26-20-13-10-17(2)18(3)14-20/h4-7,10,13-16,19H,8-9,11-12H2,1-3H3,(H,26,28)(H,27,29). The third-order valence-electron chi connectivity index (χ3n) is 6.09. The van der Waals surface area contributed by atoms with Crippen molar-refractivity contribution >= 4 is 28.3 Å². The molecule has 4 nitrogen and oxygen atoms in total. The van der Waals surface area contributed by atoms with E-state index in [1.54, 1.807) is 0 Å². The van der Waals surface area contributed by atoms with E-state index < -0.39 is 0 Å². The van der Waals surface area contributed by atoms with E-state index in [9.17, 15) is 4.79 Å². The molecule has 0 aliphatic heterocycles. The Labute approximate surface area is 172 Å². The molecule has 2 aromatic carbocycles. The summed E-state index contributed by atoms with van der Waals surface area (Å²) in [5.74, 6) is 1.44. The number of nitrogens with zero attached hydrogens (tertiary/aromatic N) is 1. The van der Waals surface area contributed by atoms with Gasteiger partial charge < -0.3 is 10.6 Å². The van der Waals surface area contributed by atoms with Crippen molar-refractivity contribution in [3.8, 4) is 0 Å². The number of para-hydroxylation sites is 1. The topological polar surface area (TPSA) is 54.0 Å². The van der Waals surface area contributed by atoms with Crippen LogP contribution in [0.4, 0.5) is 11.5 Å². The number of rotatable bonds is 4. The summed E-state index contributed by atoms with van der Waals surface area (Å²) in [6.07, 6.45) is 4.48. The Bertz CT molecular complexity index is 1040. The molecular weight excluding hydrogens is 358 g/mol. The number of benzene rings is 2. The Morgan fingerprint density at radius 3 is 2.48 bits per heavy atom. The third kappa shape index (κ3) is 4.42. The van der Waals surface area contributed by atoms with E-state index in [4.69, 9.17) is 4.98 Å². The SMILES string of the molecule is Cc1ccc(Nc2cc(C(=O)NC3CCC(C)CC3)c3ccccc3n2)cc1C. The van der Waals surface area contributed by atoms with Crippen LogP contribution in [0.2, 0.25) is 0 Å². The van der Waals surface area contributed by atoms with Gasteiger partial charge in [-0.25, -0.2) is 4.98 Å². The van der Waals surface area contributed by atoms with E-state index in [2.05, 4.69) is 43.5 Å². The van der Waals surface area contributed by atoms with Gasteiger partial charge in [-0.15, -0.1) is 0 Å². The van der Waals surface area contributed by atoms with Gasteiger partial charge in [-0.2, -0.15) is 0 Å². The van der Waals surface area contributed by atoms with E-state index in [0.717, 1.165) is 35.3 Å². The lowest BCUT2D eigenvalue weighted by Gasteiger charge is -2.27. The molecule has 1 aliphatic carbocycles.